The highest BCUT2D eigenvalue weighted by atomic mass is 32.2. The Morgan fingerprint density at radius 1 is 1.23 bits per heavy atom. The van der Waals surface area contributed by atoms with Crippen LogP contribution in [0.4, 0.5) is 0 Å². The number of aliphatic hydroxyl groups is 1. The molecule has 1 heterocycles. The summed E-state index contributed by atoms with van der Waals surface area (Å²) >= 11 is 1.76. The van der Waals surface area contributed by atoms with Gasteiger partial charge in [0, 0.05) is 12.9 Å². The maximum absolute atomic E-state index is 10.1. The molecule has 2 saturated carbocycles. The van der Waals surface area contributed by atoms with Crippen molar-refractivity contribution in [2.75, 3.05) is 12.4 Å². The molecule has 3 rings (SSSR count). The molecule has 6 atom stereocenters. The summed E-state index contributed by atoms with van der Waals surface area (Å²) < 4.78 is 11.8. The second kappa shape index (κ2) is 17.7. The lowest BCUT2D eigenvalue weighted by atomic mass is 9.76. The van der Waals surface area contributed by atoms with E-state index >= 15 is 0 Å². The third-order valence-corrected chi connectivity index (χ3v) is 8.62. The number of rotatable bonds is 13. The molecule has 0 bridgehead atoms. The number of aliphatic hydroxyl groups excluding tert-OH is 1. The van der Waals surface area contributed by atoms with E-state index in [9.17, 15) is 5.11 Å². The number of nitrogens with zero attached hydrogens (tertiary/aromatic N) is 1. The van der Waals surface area contributed by atoms with Gasteiger partial charge in [-0.2, -0.15) is 0 Å². The van der Waals surface area contributed by atoms with Crippen LogP contribution in [-0.4, -0.2) is 40.2 Å². The number of nitrogens with one attached hydrogen (secondary N) is 1. The number of thioether (sulfide) groups is 1. The molecule has 0 radical (unpaired) electrons. The van der Waals surface area contributed by atoms with E-state index in [0.717, 1.165) is 47.0 Å². The lowest BCUT2D eigenvalue weighted by Crippen LogP contribution is -2.43. The Balaban J connectivity index is 0. The molecule has 4 N–H and O–H groups in total. The van der Waals surface area contributed by atoms with Crippen LogP contribution in [0.3, 0.4) is 0 Å². The van der Waals surface area contributed by atoms with Gasteiger partial charge in [0.05, 0.1) is 19.3 Å². The van der Waals surface area contributed by atoms with E-state index in [0.29, 0.717) is 25.1 Å². The zero-order valence-corrected chi connectivity index (χ0v) is 24.9. The average molecular weight is 519 g/mol. The lowest BCUT2D eigenvalue weighted by Gasteiger charge is -2.37. The minimum atomic E-state index is -0.433. The average Bonchev–Trinajstić information content (AvgIpc) is 3.39. The summed E-state index contributed by atoms with van der Waals surface area (Å²) in [7, 11) is 0. The number of hydrogen-bond acceptors (Lipinski definition) is 6. The van der Waals surface area contributed by atoms with Crippen LogP contribution in [0.15, 0.2) is 9.42 Å². The third kappa shape index (κ3) is 10.6. The van der Waals surface area contributed by atoms with Crippen molar-refractivity contribution in [3.63, 3.8) is 0 Å². The van der Waals surface area contributed by atoms with Gasteiger partial charge >= 0.3 is 0 Å². The summed E-state index contributed by atoms with van der Waals surface area (Å²) in [5.74, 6) is 5.21. The van der Waals surface area contributed by atoms with Crippen LogP contribution >= 0.6 is 11.8 Å². The molecule has 1 aromatic heterocycles. The fraction of sp³-hybridized carbons (Fsp3) is 0.893. The molecular formula is C28H58N2O4S. The van der Waals surface area contributed by atoms with Crippen molar-refractivity contribution in [1.29, 1.82) is 0 Å². The van der Waals surface area contributed by atoms with Gasteiger partial charge in [-0.3, -0.25) is 0 Å². The quantitative estimate of drug-likeness (QED) is 0.269. The Labute approximate surface area is 221 Å². The smallest absolute Gasteiger partial charge is 0.268 e. The van der Waals surface area contributed by atoms with Gasteiger partial charge in [0.15, 0.2) is 5.76 Å². The van der Waals surface area contributed by atoms with Crippen molar-refractivity contribution in [2.24, 2.45) is 23.2 Å². The lowest BCUT2D eigenvalue weighted by molar-refractivity contribution is 0.00932. The molecule has 2 fully saturated rings. The van der Waals surface area contributed by atoms with E-state index in [2.05, 4.69) is 52.0 Å². The van der Waals surface area contributed by atoms with Crippen molar-refractivity contribution in [2.45, 2.75) is 131 Å². The topological polar surface area (TPSA) is 99.0 Å². The maximum atomic E-state index is 10.1. The molecule has 210 valence electrons. The summed E-state index contributed by atoms with van der Waals surface area (Å²) in [6.45, 7) is 19.9. The molecule has 35 heavy (non-hydrogen) atoms. The maximum Gasteiger partial charge on any atom is 0.268 e. The number of ether oxygens (including phenoxy) is 1. The first-order valence-electron chi connectivity index (χ1n) is 13.9. The molecule has 0 amide bonds. The fourth-order valence-corrected chi connectivity index (χ4v) is 4.96. The Morgan fingerprint density at radius 3 is 2.31 bits per heavy atom. The second-order valence-electron chi connectivity index (χ2n) is 10.3. The standard InChI is InChI=1S/C23H40N2O3S.C3H8.C2H6.H2O.H2/c1-6-10-29-21-20(13-24-19-9-8-17(19)12-18-11-15(18)3)28-25-22(21)27-14-23(5,7-2)16(4)26;1-3-2;1-2;;/h15-19,24,26H,6-14H2,1-5H3;3H2,1-2H3;1-2H3;1H2;1H. The zero-order valence-electron chi connectivity index (χ0n) is 24.1. The Morgan fingerprint density at radius 2 is 1.86 bits per heavy atom. The monoisotopic (exact) mass is 518 g/mol. The van der Waals surface area contributed by atoms with Gasteiger partial charge in [-0.25, -0.2) is 0 Å². The van der Waals surface area contributed by atoms with Crippen LogP contribution in [0.25, 0.3) is 0 Å². The van der Waals surface area contributed by atoms with Crippen LogP contribution < -0.4 is 10.1 Å². The molecule has 0 spiro atoms. The van der Waals surface area contributed by atoms with Gasteiger partial charge in [-0.15, -0.1) is 11.8 Å². The van der Waals surface area contributed by atoms with Crippen LogP contribution in [0.2, 0.25) is 0 Å². The third-order valence-electron chi connectivity index (χ3n) is 7.32. The first-order valence-corrected chi connectivity index (χ1v) is 14.9. The fourth-order valence-electron chi connectivity index (χ4n) is 4.06. The predicted molar refractivity (Wildman–Crippen MR) is 151 cm³/mol. The van der Waals surface area contributed by atoms with E-state index in [1.807, 2.05) is 20.8 Å². The molecule has 2 aliphatic rings. The molecule has 0 aromatic carbocycles. The van der Waals surface area contributed by atoms with Crippen LogP contribution in [-0.2, 0) is 6.54 Å². The summed E-state index contributed by atoms with van der Waals surface area (Å²) in [6.07, 6.45) is 8.19. The van der Waals surface area contributed by atoms with Crippen LogP contribution in [0.1, 0.15) is 114 Å². The van der Waals surface area contributed by atoms with Gasteiger partial charge < -0.3 is 25.2 Å². The summed E-state index contributed by atoms with van der Waals surface area (Å²) in [5, 5.41) is 18.1. The van der Waals surface area contributed by atoms with Gasteiger partial charge in [-0.05, 0) is 74.1 Å². The first kappa shape index (κ1) is 34.2. The van der Waals surface area contributed by atoms with E-state index in [1.54, 1.807) is 11.8 Å². The molecule has 1 aromatic rings. The normalized spacial score (nSPS) is 24.9. The van der Waals surface area contributed by atoms with Crippen molar-refractivity contribution in [1.82, 2.24) is 10.5 Å². The Kier molecular flexibility index (Phi) is 17.3. The molecule has 6 unspecified atom stereocenters. The first-order chi connectivity index (χ1) is 16.3. The predicted octanol–water partition coefficient (Wildman–Crippen LogP) is 7.13. The van der Waals surface area contributed by atoms with Crippen molar-refractivity contribution >= 4 is 11.8 Å². The summed E-state index contributed by atoms with van der Waals surface area (Å²) in [4.78, 5) is 1.02. The zero-order chi connectivity index (χ0) is 25.7. The largest absolute Gasteiger partial charge is 0.474 e. The molecule has 0 aliphatic heterocycles. The van der Waals surface area contributed by atoms with E-state index in [1.165, 1.54) is 32.1 Å². The Bertz CT molecular complexity index is 676. The summed E-state index contributed by atoms with van der Waals surface area (Å²) in [5.41, 5.74) is -0.289. The van der Waals surface area contributed by atoms with Crippen LogP contribution in [0, 0.1) is 23.2 Å². The van der Waals surface area contributed by atoms with Gasteiger partial charge in [0.25, 0.3) is 5.88 Å². The van der Waals surface area contributed by atoms with Gasteiger partial charge in [0.2, 0.25) is 0 Å². The SMILES string of the molecule is CC.CCC.CCCSc1c(OCC(C)(CC)C(C)O)noc1CNC1CCC1CC1CC1C.O.[HH]. The van der Waals surface area contributed by atoms with E-state index in [4.69, 9.17) is 9.26 Å². The van der Waals surface area contributed by atoms with Crippen LogP contribution in [0.5, 0.6) is 5.88 Å². The van der Waals surface area contributed by atoms with Crippen molar-refractivity contribution < 1.29 is 21.3 Å². The highest BCUT2D eigenvalue weighted by Gasteiger charge is 2.40. The molecule has 7 heteroatoms. The van der Waals surface area contributed by atoms with E-state index < -0.39 is 6.10 Å². The highest BCUT2D eigenvalue weighted by Crippen LogP contribution is 2.46. The second-order valence-corrected chi connectivity index (χ2v) is 11.4. The van der Waals surface area contributed by atoms with Gasteiger partial charge in [0.1, 0.15) is 4.90 Å². The Hall–Kier alpha value is -0.760. The van der Waals surface area contributed by atoms with Crippen molar-refractivity contribution in [3.05, 3.63) is 5.76 Å². The minimum absolute atomic E-state index is 0. The number of hydrogen-bond donors (Lipinski definition) is 2. The van der Waals surface area contributed by atoms with Crippen molar-refractivity contribution in [3.8, 4) is 5.88 Å². The minimum Gasteiger partial charge on any atom is -0.474 e. The molecule has 2 aliphatic carbocycles. The van der Waals surface area contributed by atoms with Gasteiger partial charge in [-0.1, -0.05) is 61.8 Å². The molecule has 6 nitrogen and oxygen atoms in total. The van der Waals surface area contributed by atoms with E-state index in [-0.39, 0.29) is 12.3 Å². The molecular weight excluding hydrogens is 460 g/mol. The highest BCUT2D eigenvalue weighted by molar-refractivity contribution is 7.99. The summed E-state index contributed by atoms with van der Waals surface area (Å²) in [6, 6.07) is 0.611. The molecule has 0 saturated heterocycles. The number of aromatic nitrogens is 1.